The van der Waals surface area contributed by atoms with Crippen LogP contribution >= 0.6 is 0 Å². The van der Waals surface area contributed by atoms with Crippen LogP contribution in [0, 0.1) is 11.8 Å². The average Bonchev–Trinajstić information content (AvgIpc) is 3.01. The molecule has 2 aromatic carbocycles. The molecule has 0 bridgehead atoms. The molecule has 5 heteroatoms. The fraction of sp³-hybridized carbons (Fsp3) is 0.381. The highest BCUT2D eigenvalue weighted by atomic mass is 16.5. The van der Waals surface area contributed by atoms with Gasteiger partial charge in [-0.1, -0.05) is 30.3 Å². The van der Waals surface area contributed by atoms with Gasteiger partial charge in [-0.2, -0.15) is 0 Å². The molecule has 26 heavy (non-hydrogen) atoms. The first-order valence-electron chi connectivity index (χ1n) is 8.65. The summed E-state index contributed by atoms with van der Waals surface area (Å²) in [6, 6.07) is 13.9. The van der Waals surface area contributed by atoms with Crippen LogP contribution in [0.1, 0.15) is 11.1 Å². The second-order valence-corrected chi connectivity index (χ2v) is 6.42. The number of carbonyl (C=O) groups is 1. The van der Waals surface area contributed by atoms with Crippen molar-refractivity contribution in [2.45, 2.75) is 12.8 Å². The van der Waals surface area contributed by atoms with Crippen molar-refractivity contribution in [1.82, 2.24) is 0 Å². The molecule has 0 unspecified atom stereocenters. The van der Waals surface area contributed by atoms with Gasteiger partial charge >= 0.3 is 5.97 Å². The van der Waals surface area contributed by atoms with E-state index in [-0.39, 0.29) is 17.8 Å². The minimum absolute atomic E-state index is 0.116. The average molecular weight is 356 g/mol. The maximum atomic E-state index is 12.2. The lowest BCUT2D eigenvalue weighted by Gasteiger charge is -2.18. The van der Waals surface area contributed by atoms with E-state index in [4.69, 9.17) is 18.9 Å². The molecule has 0 spiro atoms. The van der Waals surface area contributed by atoms with Crippen molar-refractivity contribution in [2.75, 3.05) is 27.9 Å². The first-order valence-corrected chi connectivity index (χ1v) is 8.65. The molecule has 5 nitrogen and oxygen atoms in total. The molecule has 3 rings (SSSR count). The van der Waals surface area contributed by atoms with E-state index in [0.717, 1.165) is 11.1 Å². The Bertz CT molecular complexity index is 731. The summed E-state index contributed by atoms with van der Waals surface area (Å²) in [5, 5.41) is 0. The van der Waals surface area contributed by atoms with Crippen molar-refractivity contribution < 1.29 is 23.7 Å². The third-order valence-electron chi connectivity index (χ3n) is 4.83. The maximum Gasteiger partial charge on any atom is 0.309 e. The van der Waals surface area contributed by atoms with Crippen molar-refractivity contribution in [2.24, 2.45) is 11.8 Å². The molecular weight excluding hydrogens is 332 g/mol. The number of carbonyl (C=O) groups excluding carboxylic acids is 1. The fourth-order valence-corrected chi connectivity index (χ4v) is 3.48. The second-order valence-electron chi connectivity index (χ2n) is 6.42. The number of ether oxygens (including phenoxy) is 4. The van der Waals surface area contributed by atoms with Crippen LogP contribution in [0.3, 0.4) is 0 Å². The van der Waals surface area contributed by atoms with Crippen LogP contribution in [0.5, 0.6) is 17.2 Å². The predicted octanol–water partition coefficient (Wildman–Crippen LogP) is 3.29. The number of benzene rings is 2. The summed E-state index contributed by atoms with van der Waals surface area (Å²) in [5.41, 5.74) is 2.17. The van der Waals surface area contributed by atoms with E-state index in [1.165, 1.54) is 0 Å². The zero-order chi connectivity index (χ0) is 18.5. The van der Waals surface area contributed by atoms with Gasteiger partial charge in [0.15, 0.2) is 11.5 Å². The highest BCUT2D eigenvalue weighted by Crippen LogP contribution is 2.39. The van der Waals surface area contributed by atoms with Gasteiger partial charge < -0.3 is 18.9 Å². The molecule has 0 radical (unpaired) electrons. The zero-order valence-electron chi connectivity index (χ0n) is 15.4. The van der Waals surface area contributed by atoms with Crippen molar-refractivity contribution in [3.63, 3.8) is 0 Å². The van der Waals surface area contributed by atoms with Gasteiger partial charge in [0.05, 0.1) is 33.9 Å². The minimum Gasteiger partial charge on any atom is -0.493 e. The van der Waals surface area contributed by atoms with Crippen molar-refractivity contribution in [1.29, 1.82) is 0 Å². The molecule has 1 fully saturated rings. The molecule has 0 saturated carbocycles. The van der Waals surface area contributed by atoms with E-state index in [1.54, 1.807) is 21.3 Å². The second kappa shape index (κ2) is 8.13. The van der Waals surface area contributed by atoms with Gasteiger partial charge in [0.1, 0.15) is 0 Å². The summed E-state index contributed by atoms with van der Waals surface area (Å²) < 4.78 is 21.6. The van der Waals surface area contributed by atoms with Crippen LogP contribution in [0.15, 0.2) is 42.5 Å². The molecule has 2 aromatic rings. The van der Waals surface area contributed by atoms with Gasteiger partial charge in [0.2, 0.25) is 5.75 Å². The minimum atomic E-state index is -0.142. The molecule has 1 heterocycles. The van der Waals surface area contributed by atoms with E-state index >= 15 is 0 Å². The zero-order valence-corrected chi connectivity index (χ0v) is 15.4. The maximum absolute atomic E-state index is 12.2. The molecule has 138 valence electrons. The molecule has 0 N–H and O–H groups in total. The number of rotatable bonds is 7. The molecule has 1 aliphatic heterocycles. The standard InChI is InChI=1S/C21H24O5/c1-23-18-11-15(12-19(24-2)20(18)25-3)9-16-13-26-21(22)17(16)10-14-7-5-4-6-8-14/h4-8,11-12,16-17H,9-10,13H2,1-3H3/t16-,17-/m1/s1. The first-order chi connectivity index (χ1) is 12.7. The van der Waals surface area contributed by atoms with Gasteiger partial charge in [-0.05, 0) is 36.1 Å². The van der Waals surface area contributed by atoms with Crippen LogP contribution in [-0.2, 0) is 22.4 Å². The van der Waals surface area contributed by atoms with Gasteiger partial charge in [-0.3, -0.25) is 4.79 Å². The monoisotopic (exact) mass is 356 g/mol. The lowest BCUT2D eigenvalue weighted by Crippen LogP contribution is -2.20. The first kappa shape index (κ1) is 18.1. The van der Waals surface area contributed by atoms with E-state index in [9.17, 15) is 4.79 Å². The van der Waals surface area contributed by atoms with Crippen molar-refractivity contribution in [3.05, 3.63) is 53.6 Å². The quantitative estimate of drug-likeness (QED) is 0.713. The summed E-state index contributed by atoms with van der Waals surface area (Å²) in [5.74, 6) is 1.66. The molecular formula is C21H24O5. The Balaban J connectivity index is 1.81. The molecule has 0 aliphatic carbocycles. The Morgan fingerprint density at radius 3 is 2.15 bits per heavy atom. The van der Waals surface area contributed by atoms with Gasteiger partial charge in [0, 0.05) is 5.92 Å². The summed E-state index contributed by atoms with van der Waals surface area (Å²) in [7, 11) is 4.78. The number of cyclic esters (lactones) is 1. The summed E-state index contributed by atoms with van der Waals surface area (Å²) in [6.45, 7) is 0.437. The lowest BCUT2D eigenvalue weighted by molar-refractivity contribution is -0.141. The smallest absolute Gasteiger partial charge is 0.309 e. The Morgan fingerprint density at radius 2 is 1.58 bits per heavy atom. The van der Waals surface area contributed by atoms with Gasteiger partial charge in [0.25, 0.3) is 0 Å². The SMILES string of the molecule is COc1cc(C[C@@H]2COC(=O)[C@@H]2Cc2ccccc2)cc(OC)c1OC. The molecule has 2 atom stereocenters. The topological polar surface area (TPSA) is 54.0 Å². The van der Waals surface area contributed by atoms with E-state index < -0.39 is 0 Å². The predicted molar refractivity (Wildman–Crippen MR) is 97.9 cm³/mol. The van der Waals surface area contributed by atoms with Crippen LogP contribution in [0.4, 0.5) is 0 Å². The Morgan fingerprint density at radius 1 is 0.923 bits per heavy atom. The molecule has 1 aliphatic rings. The number of methoxy groups -OCH3 is 3. The summed E-state index contributed by atoms with van der Waals surface area (Å²) >= 11 is 0. The van der Waals surface area contributed by atoms with Crippen LogP contribution in [0.2, 0.25) is 0 Å². The van der Waals surface area contributed by atoms with Gasteiger partial charge in [-0.15, -0.1) is 0 Å². The van der Waals surface area contributed by atoms with E-state index in [2.05, 4.69) is 0 Å². The van der Waals surface area contributed by atoms with Gasteiger partial charge in [-0.25, -0.2) is 0 Å². The third-order valence-corrected chi connectivity index (χ3v) is 4.83. The third kappa shape index (κ3) is 3.77. The van der Waals surface area contributed by atoms with E-state index in [0.29, 0.717) is 36.7 Å². The highest BCUT2D eigenvalue weighted by molar-refractivity contribution is 5.75. The Hall–Kier alpha value is -2.69. The molecule has 0 amide bonds. The summed E-state index contributed by atoms with van der Waals surface area (Å²) in [4.78, 5) is 12.2. The normalized spacial score (nSPS) is 19.1. The fourth-order valence-electron chi connectivity index (χ4n) is 3.48. The Labute approximate surface area is 153 Å². The lowest BCUT2D eigenvalue weighted by atomic mass is 9.85. The Kier molecular flexibility index (Phi) is 5.66. The molecule has 0 aromatic heterocycles. The van der Waals surface area contributed by atoms with Crippen LogP contribution in [-0.4, -0.2) is 33.9 Å². The van der Waals surface area contributed by atoms with E-state index in [1.807, 2.05) is 42.5 Å². The largest absolute Gasteiger partial charge is 0.493 e. The number of hydrogen-bond acceptors (Lipinski definition) is 5. The van der Waals surface area contributed by atoms with Crippen molar-refractivity contribution >= 4 is 5.97 Å². The van der Waals surface area contributed by atoms with Crippen molar-refractivity contribution in [3.8, 4) is 17.2 Å². The van der Waals surface area contributed by atoms with Crippen LogP contribution < -0.4 is 14.2 Å². The summed E-state index contributed by atoms with van der Waals surface area (Å²) in [6.07, 6.45) is 1.40. The number of hydrogen-bond donors (Lipinski definition) is 0. The van der Waals surface area contributed by atoms with Crippen LogP contribution in [0.25, 0.3) is 0 Å². The number of esters is 1. The molecule has 1 saturated heterocycles. The highest BCUT2D eigenvalue weighted by Gasteiger charge is 2.37.